The summed E-state index contributed by atoms with van der Waals surface area (Å²) >= 11 is 7.23. The largest absolute Gasteiger partial charge is 0.439 e. The summed E-state index contributed by atoms with van der Waals surface area (Å²) in [5.41, 5.74) is 0.826. The first-order chi connectivity index (χ1) is 8.67. The van der Waals surface area contributed by atoms with Crippen molar-refractivity contribution in [2.24, 2.45) is 0 Å². The van der Waals surface area contributed by atoms with Gasteiger partial charge in [0.2, 0.25) is 0 Å². The summed E-state index contributed by atoms with van der Waals surface area (Å²) in [6, 6.07) is 1.67. The van der Waals surface area contributed by atoms with Gasteiger partial charge in [-0.15, -0.1) is 0 Å². The van der Waals surface area contributed by atoms with Crippen LogP contribution in [-0.4, -0.2) is 21.6 Å². The van der Waals surface area contributed by atoms with Crippen molar-refractivity contribution in [3.05, 3.63) is 29.0 Å². The zero-order chi connectivity index (χ0) is 13.0. The number of rotatable bonds is 5. The van der Waals surface area contributed by atoms with Crippen molar-refractivity contribution in [3.63, 3.8) is 0 Å². The zero-order valence-electron chi connectivity index (χ0n) is 10.0. The molecule has 0 radical (unpaired) electrons. The molecule has 0 atom stereocenters. The molecule has 2 rings (SSSR count). The molecule has 7 heteroatoms. The van der Waals surface area contributed by atoms with E-state index in [4.69, 9.17) is 20.8 Å². The van der Waals surface area contributed by atoms with E-state index >= 15 is 0 Å². The van der Waals surface area contributed by atoms with Gasteiger partial charge in [0.05, 0.1) is 5.69 Å². The molecule has 0 aliphatic heterocycles. The standard InChI is InChI=1S/C11H12ClN3O2S/c1-3-16-6-9-14-8(12)4-10(15-9)18-11-13-7(2)5-17-11/h4-5H,3,6H2,1-2H3. The molecule has 0 N–H and O–H groups in total. The van der Waals surface area contributed by atoms with Gasteiger partial charge in [-0.3, -0.25) is 0 Å². The minimum atomic E-state index is 0.342. The Bertz CT molecular complexity index is 533. The van der Waals surface area contributed by atoms with E-state index in [0.717, 1.165) is 5.69 Å². The minimum absolute atomic E-state index is 0.342. The van der Waals surface area contributed by atoms with E-state index in [-0.39, 0.29) is 0 Å². The Morgan fingerprint density at radius 2 is 2.22 bits per heavy atom. The van der Waals surface area contributed by atoms with Crippen LogP contribution in [0.2, 0.25) is 5.15 Å². The molecule has 0 fully saturated rings. The lowest BCUT2D eigenvalue weighted by Crippen LogP contribution is -2.00. The summed E-state index contributed by atoms with van der Waals surface area (Å²) in [4.78, 5) is 12.6. The molecule has 0 aliphatic rings. The quantitative estimate of drug-likeness (QED) is 0.787. The van der Waals surface area contributed by atoms with Gasteiger partial charge in [0.15, 0.2) is 5.82 Å². The van der Waals surface area contributed by atoms with Gasteiger partial charge in [0.25, 0.3) is 5.22 Å². The fraction of sp³-hybridized carbons (Fsp3) is 0.364. The molecule has 2 heterocycles. The Morgan fingerprint density at radius 1 is 1.39 bits per heavy atom. The number of aromatic nitrogens is 3. The highest BCUT2D eigenvalue weighted by Crippen LogP contribution is 2.26. The van der Waals surface area contributed by atoms with E-state index in [1.54, 1.807) is 12.3 Å². The fourth-order valence-corrected chi connectivity index (χ4v) is 2.27. The van der Waals surface area contributed by atoms with E-state index in [0.29, 0.717) is 34.4 Å². The van der Waals surface area contributed by atoms with Gasteiger partial charge < -0.3 is 9.15 Å². The number of oxazole rings is 1. The van der Waals surface area contributed by atoms with Crippen LogP contribution in [0.3, 0.4) is 0 Å². The molecule has 96 valence electrons. The second kappa shape index (κ2) is 6.17. The first-order valence-electron chi connectivity index (χ1n) is 5.38. The highest BCUT2D eigenvalue weighted by atomic mass is 35.5. The Morgan fingerprint density at radius 3 is 2.89 bits per heavy atom. The monoisotopic (exact) mass is 285 g/mol. The molecule has 2 aromatic rings. The van der Waals surface area contributed by atoms with Crippen LogP contribution in [0.1, 0.15) is 18.4 Å². The molecule has 0 spiro atoms. The van der Waals surface area contributed by atoms with Crippen molar-refractivity contribution in [3.8, 4) is 0 Å². The second-order valence-electron chi connectivity index (χ2n) is 3.44. The van der Waals surface area contributed by atoms with Gasteiger partial charge in [-0.05, 0) is 25.6 Å². The molecule has 18 heavy (non-hydrogen) atoms. The van der Waals surface area contributed by atoms with Crippen molar-refractivity contribution in [2.75, 3.05) is 6.61 Å². The van der Waals surface area contributed by atoms with E-state index < -0.39 is 0 Å². The molecule has 0 saturated heterocycles. The van der Waals surface area contributed by atoms with Crippen LogP contribution in [0.5, 0.6) is 0 Å². The Hall–Kier alpha value is -1.11. The lowest BCUT2D eigenvalue weighted by molar-refractivity contribution is 0.128. The molecule has 0 bridgehead atoms. The van der Waals surface area contributed by atoms with Gasteiger partial charge in [-0.2, -0.15) is 0 Å². The first-order valence-corrected chi connectivity index (χ1v) is 6.58. The van der Waals surface area contributed by atoms with Crippen LogP contribution < -0.4 is 0 Å². The smallest absolute Gasteiger partial charge is 0.262 e. The average Bonchev–Trinajstić information content (AvgIpc) is 2.71. The lowest BCUT2D eigenvalue weighted by atomic mass is 10.6. The van der Waals surface area contributed by atoms with Gasteiger partial charge in [-0.25, -0.2) is 15.0 Å². The molecule has 0 amide bonds. The molecule has 0 aromatic carbocycles. The van der Waals surface area contributed by atoms with E-state index in [9.17, 15) is 0 Å². The Balaban J connectivity index is 2.14. The number of nitrogens with zero attached hydrogens (tertiary/aromatic N) is 3. The molecule has 5 nitrogen and oxygen atoms in total. The second-order valence-corrected chi connectivity index (χ2v) is 4.80. The summed E-state index contributed by atoms with van der Waals surface area (Å²) in [5, 5.41) is 1.60. The highest BCUT2D eigenvalue weighted by Gasteiger charge is 2.08. The normalized spacial score (nSPS) is 10.8. The predicted octanol–water partition coefficient (Wildman–Crippen LogP) is 3.11. The van der Waals surface area contributed by atoms with Crippen molar-refractivity contribution in [1.29, 1.82) is 0 Å². The van der Waals surface area contributed by atoms with E-state index in [1.165, 1.54) is 11.8 Å². The molecule has 0 saturated carbocycles. The van der Waals surface area contributed by atoms with Crippen molar-refractivity contribution in [1.82, 2.24) is 15.0 Å². The third-order valence-corrected chi connectivity index (χ3v) is 2.92. The minimum Gasteiger partial charge on any atom is -0.439 e. The van der Waals surface area contributed by atoms with Crippen LogP contribution >= 0.6 is 23.4 Å². The van der Waals surface area contributed by atoms with Crippen LogP contribution in [0.4, 0.5) is 0 Å². The SMILES string of the molecule is CCOCc1nc(Cl)cc(Sc2nc(C)co2)n1. The zero-order valence-corrected chi connectivity index (χ0v) is 11.6. The summed E-state index contributed by atoms with van der Waals surface area (Å²) in [6.07, 6.45) is 1.59. The summed E-state index contributed by atoms with van der Waals surface area (Å²) < 4.78 is 10.5. The predicted molar refractivity (Wildman–Crippen MR) is 67.7 cm³/mol. The topological polar surface area (TPSA) is 61.0 Å². The van der Waals surface area contributed by atoms with Gasteiger partial charge in [-0.1, -0.05) is 11.6 Å². The number of aryl methyl sites for hydroxylation is 1. The molecule has 0 unspecified atom stereocenters. The van der Waals surface area contributed by atoms with E-state index in [1.807, 2.05) is 13.8 Å². The van der Waals surface area contributed by atoms with Gasteiger partial charge >= 0.3 is 0 Å². The van der Waals surface area contributed by atoms with Crippen LogP contribution in [0.25, 0.3) is 0 Å². The maximum absolute atomic E-state index is 5.93. The first kappa shape index (κ1) is 13.3. The lowest BCUT2D eigenvalue weighted by Gasteiger charge is -2.03. The maximum atomic E-state index is 5.93. The van der Waals surface area contributed by atoms with E-state index in [2.05, 4.69) is 15.0 Å². The number of ether oxygens (including phenoxy) is 1. The van der Waals surface area contributed by atoms with Crippen molar-refractivity contribution < 1.29 is 9.15 Å². The number of halogens is 1. The molecule has 0 aliphatic carbocycles. The van der Waals surface area contributed by atoms with Crippen molar-refractivity contribution >= 4 is 23.4 Å². The summed E-state index contributed by atoms with van der Waals surface area (Å²) in [5.74, 6) is 0.551. The molecule has 2 aromatic heterocycles. The summed E-state index contributed by atoms with van der Waals surface area (Å²) in [6.45, 7) is 4.73. The highest BCUT2D eigenvalue weighted by molar-refractivity contribution is 7.99. The van der Waals surface area contributed by atoms with Crippen molar-refractivity contribution in [2.45, 2.75) is 30.7 Å². The van der Waals surface area contributed by atoms with Crippen LogP contribution in [0.15, 0.2) is 27.0 Å². The molecular formula is C11H12ClN3O2S. The maximum Gasteiger partial charge on any atom is 0.262 e. The van der Waals surface area contributed by atoms with Crippen LogP contribution in [-0.2, 0) is 11.3 Å². The number of hydrogen-bond donors (Lipinski definition) is 0. The fourth-order valence-electron chi connectivity index (χ4n) is 1.22. The third-order valence-electron chi connectivity index (χ3n) is 1.94. The Labute approximate surface area is 114 Å². The third kappa shape index (κ3) is 3.69. The van der Waals surface area contributed by atoms with Gasteiger partial charge in [0, 0.05) is 12.7 Å². The average molecular weight is 286 g/mol. The summed E-state index contributed by atoms with van der Waals surface area (Å²) in [7, 11) is 0. The Kier molecular flexibility index (Phi) is 4.57. The van der Waals surface area contributed by atoms with Gasteiger partial charge in [0.1, 0.15) is 23.0 Å². The number of hydrogen-bond acceptors (Lipinski definition) is 6. The van der Waals surface area contributed by atoms with Crippen LogP contribution in [0, 0.1) is 6.92 Å². The molecular weight excluding hydrogens is 274 g/mol.